The topological polar surface area (TPSA) is 39.4 Å². The van der Waals surface area contributed by atoms with Crippen molar-refractivity contribution in [1.82, 2.24) is 14.6 Å². The minimum absolute atomic E-state index is 0.0599. The number of ether oxygens (including phenoxy) is 1. The number of rotatable bonds is 6. The van der Waals surface area contributed by atoms with Crippen LogP contribution in [0.2, 0.25) is 0 Å². The van der Waals surface area contributed by atoms with E-state index in [1.807, 2.05) is 11.3 Å². The van der Waals surface area contributed by atoms with Crippen LogP contribution in [0.15, 0.2) is 24.3 Å². The summed E-state index contributed by atoms with van der Waals surface area (Å²) in [5, 5.41) is 6.18. The van der Waals surface area contributed by atoms with Crippen molar-refractivity contribution in [3.8, 4) is 11.3 Å². The maximum atomic E-state index is 5.64. The summed E-state index contributed by atoms with van der Waals surface area (Å²) in [7, 11) is 1.77. The van der Waals surface area contributed by atoms with Gasteiger partial charge in [0.05, 0.1) is 23.2 Å². The van der Waals surface area contributed by atoms with Crippen LogP contribution in [0.25, 0.3) is 27.0 Å². The van der Waals surface area contributed by atoms with E-state index in [-0.39, 0.29) is 6.10 Å². The predicted octanol–water partition coefficient (Wildman–Crippen LogP) is 7.15. The normalized spacial score (nSPS) is 13.1. The van der Waals surface area contributed by atoms with E-state index >= 15 is 0 Å². The Morgan fingerprint density at radius 1 is 1.10 bits per heavy atom. The van der Waals surface area contributed by atoms with Crippen LogP contribution in [-0.4, -0.2) is 21.7 Å². The first-order valence-corrected chi connectivity index (χ1v) is 11.6. The molecule has 3 heterocycles. The quantitative estimate of drug-likeness (QED) is 0.332. The van der Waals surface area contributed by atoms with Gasteiger partial charge in [-0.3, -0.25) is 0 Å². The van der Waals surface area contributed by atoms with Crippen molar-refractivity contribution in [2.24, 2.45) is 0 Å². The SMILES string of the molecule is CCC(CC)c1cc(C)nn2c(-c3c(C)sc4c(C(C)OC)cccc34)c(C)nc12. The molecule has 1 atom stereocenters. The Kier molecular flexibility index (Phi) is 5.69. The van der Waals surface area contributed by atoms with Gasteiger partial charge in [0.2, 0.25) is 0 Å². The average Bonchev–Trinajstić information content (AvgIpc) is 3.23. The minimum Gasteiger partial charge on any atom is -0.377 e. The van der Waals surface area contributed by atoms with E-state index in [1.54, 1.807) is 7.11 Å². The standard InChI is InChI=1S/C25H31N3OS/c1-8-18(9-2)21-13-14(3)27-28-23(15(4)26-25(21)28)22-17(6)30-24-19(16(5)29-7)11-10-12-20(22)24/h10-13,16,18H,8-9H2,1-7H3. The van der Waals surface area contributed by atoms with Crippen molar-refractivity contribution in [1.29, 1.82) is 0 Å². The van der Waals surface area contributed by atoms with Crippen molar-refractivity contribution >= 4 is 27.1 Å². The highest BCUT2D eigenvalue weighted by Crippen LogP contribution is 2.43. The monoisotopic (exact) mass is 421 g/mol. The summed E-state index contributed by atoms with van der Waals surface area (Å²) < 4.78 is 9.03. The summed E-state index contributed by atoms with van der Waals surface area (Å²) in [6.07, 6.45) is 2.27. The zero-order valence-electron chi connectivity index (χ0n) is 19.0. The predicted molar refractivity (Wildman–Crippen MR) is 127 cm³/mol. The number of thiophene rings is 1. The summed E-state index contributed by atoms with van der Waals surface area (Å²) in [4.78, 5) is 6.32. The van der Waals surface area contributed by atoms with E-state index in [2.05, 4.69) is 70.3 Å². The number of aryl methyl sites for hydroxylation is 3. The van der Waals surface area contributed by atoms with Crippen LogP contribution in [0.1, 0.15) is 73.0 Å². The zero-order valence-corrected chi connectivity index (χ0v) is 19.9. The zero-order chi connectivity index (χ0) is 21.6. The first kappa shape index (κ1) is 21.0. The molecule has 0 aliphatic carbocycles. The fourth-order valence-corrected chi connectivity index (χ4v) is 5.84. The Morgan fingerprint density at radius 3 is 2.50 bits per heavy atom. The molecular formula is C25H31N3OS. The highest BCUT2D eigenvalue weighted by atomic mass is 32.1. The van der Waals surface area contributed by atoms with Gasteiger partial charge in [0.15, 0.2) is 5.65 Å². The van der Waals surface area contributed by atoms with Crippen LogP contribution in [0.4, 0.5) is 0 Å². The third-order valence-corrected chi connectivity index (χ3v) is 7.45. The van der Waals surface area contributed by atoms with Crippen LogP contribution in [0.3, 0.4) is 0 Å². The van der Waals surface area contributed by atoms with Crippen LogP contribution >= 0.6 is 11.3 Å². The largest absolute Gasteiger partial charge is 0.377 e. The summed E-state index contributed by atoms with van der Waals surface area (Å²) in [5.74, 6) is 0.498. The van der Waals surface area contributed by atoms with Gasteiger partial charge in [0.25, 0.3) is 0 Å². The molecule has 1 aromatic carbocycles. The van der Waals surface area contributed by atoms with Crippen molar-refractivity contribution < 1.29 is 4.74 Å². The first-order chi connectivity index (χ1) is 14.4. The van der Waals surface area contributed by atoms with Crippen molar-refractivity contribution in [2.75, 3.05) is 7.11 Å². The molecule has 0 saturated carbocycles. The smallest absolute Gasteiger partial charge is 0.157 e. The molecule has 0 bridgehead atoms. The second-order valence-corrected chi connectivity index (χ2v) is 9.40. The Labute approximate surface area is 182 Å². The van der Waals surface area contributed by atoms with E-state index in [0.717, 1.165) is 35.6 Å². The lowest BCUT2D eigenvalue weighted by Gasteiger charge is -2.15. The molecule has 0 aliphatic rings. The Hall–Kier alpha value is -2.24. The fourth-order valence-electron chi connectivity index (χ4n) is 4.60. The fraction of sp³-hybridized carbons (Fsp3) is 0.440. The van der Waals surface area contributed by atoms with Gasteiger partial charge >= 0.3 is 0 Å². The summed E-state index contributed by atoms with van der Waals surface area (Å²) in [5.41, 5.74) is 7.99. The molecule has 1 unspecified atom stereocenters. The van der Waals surface area contributed by atoms with Crippen LogP contribution < -0.4 is 0 Å². The second kappa shape index (κ2) is 8.12. The van der Waals surface area contributed by atoms with E-state index < -0.39 is 0 Å². The van der Waals surface area contributed by atoms with Crippen molar-refractivity contribution in [3.63, 3.8) is 0 Å². The van der Waals surface area contributed by atoms with Gasteiger partial charge in [0.1, 0.15) is 0 Å². The highest BCUT2D eigenvalue weighted by molar-refractivity contribution is 7.19. The van der Waals surface area contributed by atoms with E-state index in [4.69, 9.17) is 14.8 Å². The van der Waals surface area contributed by atoms with Gasteiger partial charge in [-0.2, -0.15) is 5.10 Å². The van der Waals surface area contributed by atoms with Crippen molar-refractivity contribution in [2.45, 2.75) is 66.4 Å². The molecule has 30 heavy (non-hydrogen) atoms. The van der Waals surface area contributed by atoms with E-state index in [0.29, 0.717) is 5.92 Å². The number of imidazole rings is 1. The number of hydrogen-bond acceptors (Lipinski definition) is 4. The second-order valence-electron chi connectivity index (χ2n) is 8.17. The third kappa shape index (κ3) is 3.25. The molecule has 4 nitrogen and oxygen atoms in total. The molecule has 0 saturated heterocycles. The van der Waals surface area contributed by atoms with Gasteiger partial charge in [-0.1, -0.05) is 32.0 Å². The lowest BCUT2D eigenvalue weighted by molar-refractivity contribution is 0.121. The molecular weight excluding hydrogens is 390 g/mol. The summed E-state index contributed by atoms with van der Waals surface area (Å²) in [6, 6.07) is 8.75. The Bertz CT molecular complexity index is 1220. The first-order valence-electron chi connectivity index (χ1n) is 10.8. The molecule has 4 rings (SSSR count). The maximum absolute atomic E-state index is 5.64. The molecule has 0 radical (unpaired) electrons. The van der Waals surface area contributed by atoms with Crippen LogP contribution in [0, 0.1) is 20.8 Å². The number of hydrogen-bond donors (Lipinski definition) is 0. The number of aromatic nitrogens is 3. The minimum atomic E-state index is 0.0599. The van der Waals surface area contributed by atoms with Crippen molar-refractivity contribution in [3.05, 3.63) is 51.7 Å². The maximum Gasteiger partial charge on any atom is 0.157 e. The molecule has 0 fully saturated rings. The van der Waals surface area contributed by atoms with E-state index in [9.17, 15) is 0 Å². The number of nitrogens with zero attached hydrogens (tertiary/aromatic N) is 3. The lowest BCUT2D eigenvalue weighted by atomic mass is 9.95. The Morgan fingerprint density at radius 2 is 1.83 bits per heavy atom. The molecule has 158 valence electrons. The summed E-state index contributed by atoms with van der Waals surface area (Å²) in [6.45, 7) is 13.0. The molecule has 0 N–H and O–H groups in total. The van der Waals surface area contributed by atoms with Gasteiger partial charge in [-0.15, -0.1) is 11.3 Å². The number of methoxy groups -OCH3 is 1. The van der Waals surface area contributed by atoms with Gasteiger partial charge < -0.3 is 4.74 Å². The number of benzene rings is 1. The van der Waals surface area contributed by atoms with Crippen LogP contribution in [0.5, 0.6) is 0 Å². The van der Waals surface area contributed by atoms with Crippen LogP contribution in [-0.2, 0) is 4.74 Å². The molecule has 3 aromatic heterocycles. The average molecular weight is 422 g/mol. The number of fused-ring (bicyclic) bond motifs is 2. The lowest BCUT2D eigenvalue weighted by Crippen LogP contribution is -2.05. The molecule has 5 heteroatoms. The third-order valence-electron chi connectivity index (χ3n) is 6.28. The molecule has 0 spiro atoms. The van der Waals surface area contributed by atoms with E-state index in [1.165, 1.54) is 31.7 Å². The van der Waals surface area contributed by atoms with Gasteiger partial charge in [-0.05, 0) is 58.1 Å². The molecule has 0 amide bonds. The highest BCUT2D eigenvalue weighted by Gasteiger charge is 2.24. The van der Waals surface area contributed by atoms with Gasteiger partial charge in [-0.25, -0.2) is 9.50 Å². The Balaban J connectivity index is 2.05. The molecule has 4 aromatic rings. The molecule has 0 aliphatic heterocycles. The van der Waals surface area contributed by atoms with Gasteiger partial charge in [0, 0.05) is 33.2 Å². The summed E-state index contributed by atoms with van der Waals surface area (Å²) >= 11 is 1.84.